The smallest absolute Gasteiger partial charge is 0.281 e. The monoisotopic (exact) mass is 457 g/mol. The zero-order valence-corrected chi connectivity index (χ0v) is 17.7. The van der Waals surface area contributed by atoms with Crippen LogP contribution in [0.5, 0.6) is 11.5 Å². The van der Waals surface area contributed by atoms with E-state index < -0.39 is 37.3 Å². The van der Waals surface area contributed by atoms with E-state index in [0.29, 0.717) is 5.56 Å². The molecular formula is C17H16ClN3O6S2. The molecule has 0 saturated heterocycles. The first kappa shape index (κ1) is 21.1. The molecule has 0 radical (unpaired) electrons. The molecule has 0 unspecified atom stereocenters. The highest BCUT2D eigenvalue weighted by molar-refractivity contribution is 7.91. The summed E-state index contributed by atoms with van der Waals surface area (Å²) in [6.45, 7) is 1.60. The molecular weight excluding hydrogens is 442 g/mol. The summed E-state index contributed by atoms with van der Waals surface area (Å²) >= 11 is 6.11. The summed E-state index contributed by atoms with van der Waals surface area (Å²) in [5.74, 6) is -1.83. The van der Waals surface area contributed by atoms with Gasteiger partial charge in [-0.05, 0) is 30.7 Å². The lowest BCUT2D eigenvalue weighted by Gasteiger charge is -2.13. The average Bonchev–Trinajstić information content (AvgIpc) is 2.65. The molecule has 0 aromatic heterocycles. The summed E-state index contributed by atoms with van der Waals surface area (Å²) in [6.07, 6.45) is 1.02. The topological polar surface area (TPSA) is 159 Å². The van der Waals surface area contributed by atoms with Gasteiger partial charge in [0.2, 0.25) is 0 Å². The van der Waals surface area contributed by atoms with Crippen LogP contribution in [0.25, 0.3) is 0 Å². The fourth-order valence-corrected chi connectivity index (χ4v) is 5.34. The Morgan fingerprint density at radius 1 is 1.21 bits per heavy atom. The molecule has 0 spiro atoms. The molecule has 0 saturated carbocycles. The Morgan fingerprint density at radius 3 is 2.45 bits per heavy atom. The maximum absolute atomic E-state index is 13.0. The molecule has 12 heteroatoms. The second-order valence-electron chi connectivity index (χ2n) is 6.48. The number of carbonyl (C=O) groups is 1. The molecule has 0 bridgehead atoms. The third-order valence-corrected chi connectivity index (χ3v) is 7.23. The number of nitrogens with zero attached hydrogens (tertiary/aromatic N) is 1. The zero-order valence-electron chi connectivity index (χ0n) is 15.3. The number of halogens is 1. The van der Waals surface area contributed by atoms with E-state index in [9.17, 15) is 21.6 Å². The summed E-state index contributed by atoms with van der Waals surface area (Å²) < 4.78 is 55.5. The number of aryl methyl sites for hydroxylation is 1. The largest absolute Gasteiger partial charge is 0.455 e. The van der Waals surface area contributed by atoms with Crippen LogP contribution in [-0.4, -0.2) is 35.0 Å². The number of sulfone groups is 2. The van der Waals surface area contributed by atoms with Crippen LogP contribution in [0.2, 0.25) is 5.02 Å². The first-order valence-corrected chi connectivity index (χ1v) is 11.9. The molecule has 2 aromatic rings. The molecule has 29 heavy (non-hydrogen) atoms. The van der Waals surface area contributed by atoms with Gasteiger partial charge in [-0.3, -0.25) is 4.79 Å². The summed E-state index contributed by atoms with van der Waals surface area (Å²) in [5, 5.41) is -0.109. The molecule has 4 N–H and O–H groups in total. The number of benzene rings is 2. The SMILES string of the molecule is Cc1cc(S(C)(=O)=O)cc2c1Oc1cc(Cl)c(C(=O)N=C(N)N)cc1S(=O)(=O)C2. The van der Waals surface area contributed by atoms with Gasteiger partial charge in [-0.1, -0.05) is 11.6 Å². The number of guanidine groups is 1. The fraction of sp³-hybridized carbons (Fsp3) is 0.176. The van der Waals surface area contributed by atoms with Crippen LogP contribution in [0.3, 0.4) is 0 Å². The summed E-state index contributed by atoms with van der Waals surface area (Å²) in [6, 6.07) is 4.88. The Bertz CT molecular complexity index is 1300. The van der Waals surface area contributed by atoms with Crippen molar-refractivity contribution in [1.82, 2.24) is 0 Å². The van der Waals surface area contributed by atoms with Crippen molar-refractivity contribution in [2.45, 2.75) is 22.5 Å². The van der Waals surface area contributed by atoms with Crippen LogP contribution in [-0.2, 0) is 25.4 Å². The number of fused-ring (bicyclic) bond motifs is 2. The van der Waals surface area contributed by atoms with Crippen molar-refractivity contribution in [1.29, 1.82) is 0 Å². The minimum atomic E-state index is -4.01. The minimum Gasteiger partial charge on any atom is -0.455 e. The van der Waals surface area contributed by atoms with Crippen molar-refractivity contribution in [3.05, 3.63) is 46.0 Å². The van der Waals surface area contributed by atoms with Crippen molar-refractivity contribution in [3.8, 4) is 11.5 Å². The highest BCUT2D eigenvalue weighted by Gasteiger charge is 2.31. The van der Waals surface area contributed by atoms with Crippen LogP contribution in [0, 0.1) is 6.92 Å². The number of ether oxygens (including phenoxy) is 1. The van der Waals surface area contributed by atoms with Gasteiger partial charge in [0.1, 0.15) is 16.4 Å². The van der Waals surface area contributed by atoms with E-state index in [1.807, 2.05) is 0 Å². The lowest BCUT2D eigenvalue weighted by Crippen LogP contribution is -2.24. The van der Waals surface area contributed by atoms with Gasteiger partial charge in [-0.25, -0.2) is 16.8 Å². The molecule has 1 aliphatic heterocycles. The first-order chi connectivity index (χ1) is 13.3. The van der Waals surface area contributed by atoms with E-state index in [1.54, 1.807) is 6.92 Å². The molecule has 0 fully saturated rings. The van der Waals surface area contributed by atoms with Gasteiger partial charge in [0.05, 0.1) is 21.2 Å². The molecule has 154 valence electrons. The van der Waals surface area contributed by atoms with Crippen LogP contribution in [0.1, 0.15) is 21.5 Å². The van der Waals surface area contributed by atoms with Crippen molar-refractivity contribution in [3.63, 3.8) is 0 Å². The molecule has 1 heterocycles. The lowest BCUT2D eigenvalue weighted by atomic mass is 10.1. The van der Waals surface area contributed by atoms with E-state index in [0.717, 1.165) is 12.3 Å². The van der Waals surface area contributed by atoms with E-state index in [1.165, 1.54) is 18.2 Å². The molecule has 0 aliphatic carbocycles. The molecule has 3 rings (SSSR count). The van der Waals surface area contributed by atoms with Crippen molar-refractivity contribution < 1.29 is 26.4 Å². The van der Waals surface area contributed by atoms with Gasteiger partial charge >= 0.3 is 0 Å². The minimum absolute atomic E-state index is 0.0276. The van der Waals surface area contributed by atoms with Crippen molar-refractivity contribution in [2.75, 3.05) is 6.26 Å². The highest BCUT2D eigenvalue weighted by atomic mass is 35.5. The Labute approximate surface area is 172 Å². The van der Waals surface area contributed by atoms with Gasteiger partial charge in [0, 0.05) is 17.9 Å². The molecule has 1 amide bonds. The lowest BCUT2D eigenvalue weighted by molar-refractivity contribution is 0.100. The number of nitrogens with two attached hydrogens (primary N) is 2. The summed E-state index contributed by atoms with van der Waals surface area (Å²) in [4.78, 5) is 15.2. The summed E-state index contributed by atoms with van der Waals surface area (Å²) in [7, 11) is -7.58. The van der Waals surface area contributed by atoms with Gasteiger partial charge in [-0.2, -0.15) is 4.99 Å². The average molecular weight is 458 g/mol. The number of rotatable bonds is 2. The normalized spacial score (nSPS) is 14.7. The van der Waals surface area contributed by atoms with Gasteiger partial charge in [-0.15, -0.1) is 0 Å². The van der Waals surface area contributed by atoms with Crippen LogP contribution >= 0.6 is 11.6 Å². The predicted molar refractivity (Wildman–Crippen MR) is 107 cm³/mol. The van der Waals surface area contributed by atoms with Gasteiger partial charge in [0.15, 0.2) is 25.6 Å². The fourth-order valence-electron chi connectivity index (χ4n) is 2.87. The number of hydrogen-bond donors (Lipinski definition) is 2. The standard InChI is InChI=1S/C17H16ClN3O6S2/c1-8-3-10(28(2,23)24)4-9-7-29(25,26)14-5-11(16(22)21-17(19)20)12(18)6-13(14)27-15(8)9/h3-6H,7H2,1-2H3,(H4,19,20,21,22). The number of amides is 1. The molecule has 2 aromatic carbocycles. The Kier molecular flexibility index (Phi) is 5.10. The van der Waals surface area contributed by atoms with Crippen molar-refractivity contribution in [2.24, 2.45) is 16.5 Å². The van der Waals surface area contributed by atoms with E-state index >= 15 is 0 Å². The number of aliphatic imine (C=N–C) groups is 1. The van der Waals surface area contributed by atoms with Crippen LogP contribution in [0.4, 0.5) is 0 Å². The molecule has 1 aliphatic rings. The highest BCUT2D eigenvalue weighted by Crippen LogP contribution is 2.42. The third-order valence-electron chi connectivity index (χ3n) is 4.14. The van der Waals surface area contributed by atoms with Gasteiger partial charge < -0.3 is 16.2 Å². The Hall–Kier alpha value is -2.63. The molecule has 9 nitrogen and oxygen atoms in total. The maximum Gasteiger partial charge on any atom is 0.281 e. The second kappa shape index (κ2) is 7.01. The van der Waals surface area contributed by atoms with Crippen LogP contribution < -0.4 is 16.2 Å². The second-order valence-corrected chi connectivity index (χ2v) is 10.9. The van der Waals surface area contributed by atoms with E-state index in [2.05, 4.69) is 4.99 Å². The quantitative estimate of drug-likeness (QED) is 0.507. The third kappa shape index (κ3) is 4.07. The number of carbonyl (C=O) groups excluding carboxylic acids is 1. The van der Waals surface area contributed by atoms with Gasteiger partial charge in [0.25, 0.3) is 5.91 Å². The van der Waals surface area contributed by atoms with Crippen molar-refractivity contribution >= 4 is 43.1 Å². The Morgan fingerprint density at radius 2 is 1.86 bits per heavy atom. The summed E-state index contributed by atoms with van der Waals surface area (Å²) in [5.41, 5.74) is 10.8. The predicted octanol–water partition coefficient (Wildman–Crippen LogP) is 1.55. The molecule has 0 atom stereocenters. The maximum atomic E-state index is 13.0. The first-order valence-electron chi connectivity index (χ1n) is 8.01. The van der Waals surface area contributed by atoms with E-state index in [4.69, 9.17) is 27.8 Å². The van der Waals surface area contributed by atoms with E-state index in [-0.39, 0.29) is 37.4 Å². The Balaban J connectivity index is 2.24. The van der Waals surface area contributed by atoms with Crippen LogP contribution in [0.15, 0.2) is 39.0 Å². The number of hydrogen-bond acceptors (Lipinski definition) is 6. The zero-order chi connectivity index (χ0) is 21.7.